The summed E-state index contributed by atoms with van der Waals surface area (Å²) >= 11 is 0. The molecule has 1 aliphatic rings. The number of Topliss-reactive ketones (excluding diaryl/α,β-unsaturated/α-hetero) is 4. The predicted octanol–water partition coefficient (Wildman–Crippen LogP) is -2.61. The van der Waals surface area contributed by atoms with Crippen LogP contribution < -0.4 is 70.0 Å². The number of unbranched alkanes of at least 4 members (excludes halogenated alkanes) is 6. The Kier molecular flexibility index (Phi) is 43.2. The monoisotopic (exact) mass is 1670 g/mol. The van der Waals surface area contributed by atoms with Crippen LogP contribution in [0.2, 0.25) is 0 Å². The van der Waals surface area contributed by atoms with Gasteiger partial charge in [-0.15, -0.1) is 0 Å². The Morgan fingerprint density at radius 3 is 1.92 bits per heavy atom. The number of nitrogens with one attached hydrogen (secondary N) is 12. The minimum absolute atomic E-state index is 0.00233. The fourth-order valence-corrected chi connectivity index (χ4v) is 12.9. The number of benzene rings is 2. The fourth-order valence-electron chi connectivity index (χ4n) is 12.9. The summed E-state index contributed by atoms with van der Waals surface area (Å²) in [5.41, 5.74) is 13.1. The highest BCUT2D eigenvalue weighted by Gasteiger charge is 2.41. The number of para-hydroxylation sites is 1. The number of hydrogen-bond donors (Lipinski definition) is 18. The lowest BCUT2D eigenvalue weighted by molar-refractivity contribution is -0.156. The summed E-state index contributed by atoms with van der Waals surface area (Å²) < 4.78 is 15.3. The number of fused-ring (bicyclic) bond motifs is 1. The molecular weight excluding hydrogens is 1560 g/mol. The quantitative estimate of drug-likeness (QED) is 0.00910. The highest BCUT2D eigenvalue weighted by Crippen LogP contribution is 2.26. The molecule has 2 heterocycles. The summed E-state index contributed by atoms with van der Waals surface area (Å²) in [5.74, 6) is -29.3. The topological polar surface area (TPSA) is 650 Å². The van der Waals surface area contributed by atoms with Crippen LogP contribution in [0.1, 0.15) is 165 Å². The number of aromatic nitrogens is 1. The molecule has 3 aromatic rings. The first-order valence-electron chi connectivity index (χ1n) is 39.1. The van der Waals surface area contributed by atoms with Crippen LogP contribution in [0.5, 0.6) is 0 Å². The molecule has 1 saturated heterocycles. The number of carbonyl (C=O) groups is 20. The number of carboxylic acids is 2. The number of carboxylic acid groups (broad SMARTS) is 2. The summed E-state index contributed by atoms with van der Waals surface area (Å²) in [4.78, 5) is 278. The number of aliphatic carboxylic acids is 2. The molecule has 1 aliphatic heterocycles. The molecule has 0 aliphatic carbocycles. The van der Waals surface area contributed by atoms with Crippen molar-refractivity contribution in [2.75, 3.05) is 51.3 Å². The molecule has 20 N–H and O–H groups in total. The van der Waals surface area contributed by atoms with Crippen LogP contribution in [0, 0.1) is 23.7 Å². The maximum Gasteiger partial charge on any atom is 0.329 e. The van der Waals surface area contributed by atoms with Gasteiger partial charge in [0.2, 0.25) is 65.0 Å². The predicted molar refractivity (Wildman–Crippen MR) is 419 cm³/mol. The number of primary amides is 1. The molecule has 0 bridgehead atoms. The Morgan fingerprint density at radius 1 is 0.655 bits per heavy atom. The number of rotatable bonds is 41. The summed E-state index contributed by atoms with van der Waals surface area (Å²) in [6, 6.07) is -4.30. The average molecular weight is 1680 g/mol. The zero-order valence-corrected chi connectivity index (χ0v) is 67.0. The maximum absolute atomic E-state index is 15.0. The van der Waals surface area contributed by atoms with Crippen LogP contribution in [0.15, 0.2) is 48.7 Å². The van der Waals surface area contributed by atoms with E-state index in [-0.39, 0.29) is 69.6 Å². The lowest BCUT2D eigenvalue weighted by atomic mass is 9.84. The van der Waals surface area contributed by atoms with Crippen LogP contribution >= 0.6 is 0 Å². The van der Waals surface area contributed by atoms with Crippen LogP contribution in [-0.4, -0.2) is 245 Å². The van der Waals surface area contributed by atoms with Crippen molar-refractivity contribution in [3.8, 4) is 0 Å². The number of H-pyrrole nitrogens is 1. The Hall–Kier alpha value is -12.1. The third-order valence-corrected chi connectivity index (χ3v) is 19.4. The van der Waals surface area contributed by atoms with Gasteiger partial charge in [0.1, 0.15) is 55.6 Å². The molecular formula is C78H110N14O27. The molecule has 119 heavy (non-hydrogen) atoms. The van der Waals surface area contributed by atoms with Gasteiger partial charge in [0.05, 0.1) is 63.1 Å². The number of nitrogens with two attached hydrogens (primary N) is 2. The lowest BCUT2D eigenvalue weighted by Crippen LogP contribution is -2.57. The van der Waals surface area contributed by atoms with Gasteiger partial charge in [0.25, 0.3) is 12.9 Å². The van der Waals surface area contributed by atoms with Crippen molar-refractivity contribution < 1.29 is 131 Å². The van der Waals surface area contributed by atoms with Gasteiger partial charge < -0.3 is 110 Å². The maximum atomic E-state index is 15.0. The van der Waals surface area contributed by atoms with Crippen molar-refractivity contribution in [1.82, 2.24) is 58.2 Å². The first kappa shape index (κ1) is 99.2. The van der Waals surface area contributed by atoms with Gasteiger partial charge >= 0.3 is 17.9 Å². The lowest BCUT2D eigenvalue weighted by Gasteiger charge is -2.29. The van der Waals surface area contributed by atoms with Gasteiger partial charge in [-0.25, -0.2) is 4.79 Å². The van der Waals surface area contributed by atoms with E-state index in [1.165, 1.54) is 25.1 Å². The summed E-state index contributed by atoms with van der Waals surface area (Å²) in [6.07, 6.45) is -2.47. The van der Waals surface area contributed by atoms with Gasteiger partial charge in [-0.3, -0.25) is 91.1 Å². The van der Waals surface area contributed by atoms with Crippen molar-refractivity contribution in [2.24, 2.45) is 35.1 Å². The number of esters is 1. The van der Waals surface area contributed by atoms with Crippen LogP contribution in [0.3, 0.4) is 0 Å². The number of carbonyl (C=O) groups excluding carboxylic acids is 18. The zero-order chi connectivity index (χ0) is 88.4. The number of anilines is 1. The van der Waals surface area contributed by atoms with E-state index in [4.69, 9.17) is 25.7 Å². The van der Waals surface area contributed by atoms with Crippen molar-refractivity contribution in [3.05, 3.63) is 65.4 Å². The standard InChI is InChI=1S/C78H110N14O27/c1-6-8-9-10-11-12-13-20-65(102)87-56(26-47-33-82-53-22-21-45(36-93)25-51(47)53)76(114)89-55(32-64(80)101)62(99)27-46(29-69(107)108)72(110)92-70-44(5)119-78(116)57(31-60(97)49-17-14-15-18-52(49)81-7-2)90-74(112)50(42(3)24-68(105)106)30-63(100)58(37-94)88-67(104)34-83-75(113)59(39-118-41-96)91-71(109)43(4)85-73(111)48(38-117-40-95)28-61(98)54(19-16-23-79)86-66(103)35-84-77(70)115/h14-15,17-18,21-22,25,33,40-44,46,48,50,54-59,70,81-82,93-94H,6-13,16,19-20,23-24,26-32,34-39,79H2,1-5H3,(H2,80,101)(H,83,113)(H,84,115)(H,85,111)(H,86,103)(H,87,102)(H,88,104)(H,89,114)(H,90,112)(H,91,109)(H,92,110)(H,105,106)(H,107,108)/t42-,43-,44-,46+,48+,50+,54+,55-,56+,57+,58-,59+,70+/m1/s1. The Labute approximate surface area is 684 Å². The number of aromatic amines is 1. The van der Waals surface area contributed by atoms with Crippen LogP contribution in [0.4, 0.5) is 5.69 Å². The van der Waals surface area contributed by atoms with E-state index in [1.54, 1.807) is 37.4 Å². The van der Waals surface area contributed by atoms with Gasteiger partial charge in [-0.2, -0.15) is 0 Å². The van der Waals surface area contributed by atoms with E-state index in [9.17, 15) is 112 Å². The number of aliphatic hydroxyl groups excluding tert-OH is 2. The summed E-state index contributed by atoms with van der Waals surface area (Å²) in [5, 5.41) is 67.2. The SMILES string of the molecule is CCCCCCCCCC(=O)N[C@@H](Cc1c[nH]c2ccc(CO)cc12)C(=O)N[C@H](CC(N)=O)C(=O)C[C@@H](CC(=O)O)C(=O)N[C@@H]1C(=O)NCC(=O)N[C@@H](CCCN)C(=O)C[C@@H](COC=O)C(=O)N[C@H](C)C(=O)N[C@@H](COC=O)C(=O)NCC(=O)N[C@H](CO)C(=O)C[C@@H]([C@H](C)CC(=O)O)C(=O)N[C@@H](CC(=O)c2ccccc2NCC)C(=O)O[C@@H]1C. The zero-order valence-electron chi connectivity index (χ0n) is 67.0. The smallest absolute Gasteiger partial charge is 0.329 e. The van der Waals surface area contributed by atoms with E-state index in [1.807, 2.05) is 0 Å². The molecule has 0 spiro atoms. The number of aliphatic hydroxyl groups is 2. The number of amides is 11. The molecule has 2 aromatic carbocycles. The molecule has 0 radical (unpaired) electrons. The van der Waals surface area contributed by atoms with E-state index in [0.717, 1.165) is 46.0 Å². The Bertz CT molecular complexity index is 4080. The van der Waals surface area contributed by atoms with Gasteiger partial charge in [0, 0.05) is 85.8 Å². The molecule has 41 nitrogen and oxygen atoms in total. The average Bonchev–Trinajstić information content (AvgIpc) is 1.71. The fraction of sp³-hybridized carbons (Fsp3) is 0.564. The van der Waals surface area contributed by atoms with Gasteiger partial charge in [-0.1, -0.05) is 70.6 Å². The molecule has 1 aromatic heterocycles. The first-order chi connectivity index (χ1) is 56.6. The minimum atomic E-state index is -2.37. The third-order valence-electron chi connectivity index (χ3n) is 19.4. The van der Waals surface area contributed by atoms with Crippen molar-refractivity contribution in [2.45, 2.75) is 211 Å². The van der Waals surface area contributed by atoms with Gasteiger partial charge in [-0.05, 0) is 87.9 Å². The summed E-state index contributed by atoms with van der Waals surface area (Å²) in [7, 11) is 0. The summed E-state index contributed by atoms with van der Waals surface area (Å²) in [6.45, 7) is 1.43. The van der Waals surface area contributed by atoms with Crippen LogP contribution in [0.25, 0.3) is 10.9 Å². The molecule has 1 fully saturated rings. The Morgan fingerprint density at radius 2 is 1.29 bits per heavy atom. The molecule has 13 atom stereocenters. The molecule has 11 amide bonds. The van der Waals surface area contributed by atoms with Crippen molar-refractivity contribution in [1.29, 1.82) is 0 Å². The number of hydrogen-bond acceptors (Lipinski definition) is 27. The highest BCUT2D eigenvalue weighted by molar-refractivity contribution is 6.05. The molecule has 0 saturated carbocycles. The highest BCUT2D eigenvalue weighted by atomic mass is 16.5. The number of ether oxygens (including phenoxy) is 3. The van der Waals surface area contributed by atoms with Crippen LogP contribution in [-0.2, 0) is 118 Å². The second-order valence-electron chi connectivity index (χ2n) is 28.8. The second-order valence-corrected chi connectivity index (χ2v) is 28.8. The van der Waals surface area contributed by atoms with E-state index >= 15 is 4.79 Å². The number of cyclic esters (lactones) is 1. The number of ketones is 4. The van der Waals surface area contributed by atoms with Crippen molar-refractivity contribution >= 4 is 136 Å². The Balaban J connectivity index is 1.90. The molecule has 4 rings (SSSR count). The minimum Gasteiger partial charge on any atom is -0.481 e. The first-order valence-corrected chi connectivity index (χ1v) is 39.1. The largest absolute Gasteiger partial charge is 0.481 e. The second kappa shape index (κ2) is 51.8. The third kappa shape index (κ3) is 34.2. The molecule has 0 unspecified atom stereocenters. The van der Waals surface area contributed by atoms with E-state index in [0.29, 0.717) is 34.9 Å². The molecule has 654 valence electrons. The molecule has 41 heteroatoms. The normalized spacial score (nSPS) is 21.0. The van der Waals surface area contributed by atoms with E-state index < -0.39 is 262 Å². The van der Waals surface area contributed by atoms with Crippen molar-refractivity contribution in [3.63, 3.8) is 0 Å². The van der Waals surface area contributed by atoms with Gasteiger partial charge in [0.15, 0.2) is 23.1 Å². The van der Waals surface area contributed by atoms with E-state index in [2.05, 4.69) is 70.4 Å².